The average molecular weight is 153 g/mol. The van der Waals surface area contributed by atoms with Gasteiger partial charge in [0, 0.05) is 6.04 Å². The zero-order valence-corrected chi connectivity index (χ0v) is 7.75. The molecule has 0 spiro atoms. The van der Waals surface area contributed by atoms with Crippen molar-refractivity contribution in [1.29, 1.82) is 0 Å². The van der Waals surface area contributed by atoms with Crippen LogP contribution >= 0.6 is 0 Å². The molecule has 1 heteroatoms. The van der Waals surface area contributed by atoms with Gasteiger partial charge in [0.05, 0.1) is 0 Å². The summed E-state index contributed by atoms with van der Waals surface area (Å²) in [7, 11) is 0. The van der Waals surface area contributed by atoms with E-state index in [1.165, 1.54) is 0 Å². The first-order chi connectivity index (χ1) is 5.13. The van der Waals surface area contributed by atoms with Crippen LogP contribution < -0.4 is 5.73 Å². The van der Waals surface area contributed by atoms with Crippen molar-refractivity contribution < 1.29 is 0 Å². The molecule has 0 bridgehead atoms. The molecule has 0 aromatic carbocycles. The summed E-state index contributed by atoms with van der Waals surface area (Å²) in [6, 6.07) is 0.123. The van der Waals surface area contributed by atoms with Crippen LogP contribution in [0, 0.1) is 11.8 Å². The highest BCUT2D eigenvalue weighted by Gasteiger charge is 2.14. The van der Waals surface area contributed by atoms with E-state index in [0.29, 0.717) is 11.8 Å². The van der Waals surface area contributed by atoms with Gasteiger partial charge in [0.25, 0.3) is 0 Å². The molecule has 2 unspecified atom stereocenters. The summed E-state index contributed by atoms with van der Waals surface area (Å²) in [6.07, 6.45) is 5.95. The van der Waals surface area contributed by atoms with Gasteiger partial charge >= 0.3 is 0 Å². The van der Waals surface area contributed by atoms with E-state index in [9.17, 15) is 0 Å². The Labute approximate surface area is 70.0 Å². The number of nitrogens with two attached hydrogens (primary N) is 1. The summed E-state index contributed by atoms with van der Waals surface area (Å²) in [6.45, 7) is 10.1. The molecule has 0 aliphatic rings. The quantitative estimate of drug-likeness (QED) is 0.616. The van der Waals surface area contributed by atoms with Gasteiger partial charge in [-0.1, -0.05) is 32.1 Å². The molecule has 0 rings (SSSR count). The van der Waals surface area contributed by atoms with Crippen molar-refractivity contribution in [3.8, 4) is 0 Å². The molecular formula is C10H19N. The van der Waals surface area contributed by atoms with Crippen molar-refractivity contribution >= 4 is 0 Å². The van der Waals surface area contributed by atoms with E-state index in [2.05, 4.69) is 20.4 Å². The van der Waals surface area contributed by atoms with Gasteiger partial charge in [-0.25, -0.2) is 0 Å². The van der Waals surface area contributed by atoms with E-state index < -0.39 is 0 Å². The Morgan fingerprint density at radius 1 is 1.36 bits per heavy atom. The SMILES string of the molecule is C=CC(C(C)C)C(N)/C=C\C. The van der Waals surface area contributed by atoms with Crippen molar-refractivity contribution in [3.05, 3.63) is 24.8 Å². The predicted molar refractivity (Wildman–Crippen MR) is 51.3 cm³/mol. The maximum atomic E-state index is 5.88. The van der Waals surface area contributed by atoms with Crippen molar-refractivity contribution in [2.45, 2.75) is 26.8 Å². The lowest BCUT2D eigenvalue weighted by Crippen LogP contribution is -2.29. The molecule has 0 aromatic heterocycles. The number of rotatable bonds is 4. The summed E-state index contributed by atoms with van der Waals surface area (Å²) in [5.74, 6) is 0.963. The van der Waals surface area contributed by atoms with Crippen molar-refractivity contribution in [1.82, 2.24) is 0 Å². The summed E-state index contributed by atoms with van der Waals surface area (Å²) in [4.78, 5) is 0. The van der Waals surface area contributed by atoms with Crippen LogP contribution in [0.5, 0.6) is 0 Å². The summed E-state index contributed by atoms with van der Waals surface area (Å²) in [5, 5.41) is 0. The summed E-state index contributed by atoms with van der Waals surface area (Å²) in [5.41, 5.74) is 5.88. The molecule has 64 valence electrons. The van der Waals surface area contributed by atoms with Gasteiger partial charge in [-0.15, -0.1) is 6.58 Å². The van der Waals surface area contributed by atoms with Crippen LogP contribution in [-0.4, -0.2) is 6.04 Å². The van der Waals surface area contributed by atoms with Crippen LogP contribution in [0.15, 0.2) is 24.8 Å². The lowest BCUT2D eigenvalue weighted by molar-refractivity contribution is 0.427. The number of hydrogen-bond acceptors (Lipinski definition) is 1. The van der Waals surface area contributed by atoms with E-state index in [4.69, 9.17) is 5.73 Å². The standard InChI is InChI=1S/C10H19N/c1-5-7-10(11)9(6-2)8(3)4/h5-10H,2,11H2,1,3-4H3/b7-5-. The molecule has 0 radical (unpaired) electrons. The first kappa shape index (κ1) is 10.4. The molecule has 0 aromatic rings. The Hall–Kier alpha value is -0.560. The highest BCUT2D eigenvalue weighted by Crippen LogP contribution is 2.15. The van der Waals surface area contributed by atoms with Gasteiger partial charge in [-0.05, 0) is 18.8 Å². The van der Waals surface area contributed by atoms with Gasteiger partial charge in [0.15, 0.2) is 0 Å². The third-order valence-electron chi connectivity index (χ3n) is 1.90. The lowest BCUT2D eigenvalue weighted by Gasteiger charge is -2.21. The van der Waals surface area contributed by atoms with Crippen LogP contribution in [0.4, 0.5) is 0 Å². The average Bonchev–Trinajstić information content (AvgIpc) is 1.88. The predicted octanol–water partition coefficient (Wildman–Crippen LogP) is 2.35. The monoisotopic (exact) mass is 153 g/mol. The molecule has 0 aliphatic carbocycles. The third kappa shape index (κ3) is 3.38. The van der Waals surface area contributed by atoms with Gasteiger partial charge < -0.3 is 5.73 Å². The van der Waals surface area contributed by atoms with Gasteiger partial charge in [0.1, 0.15) is 0 Å². The third-order valence-corrected chi connectivity index (χ3v) is 1.90. The van der Waals surface area contributed by atoms with Crippen LogP contribution in [0.25, 0.3) is 0 Å². The van der Waals surface area contributed by atoms with Crippen LogP contribution in [0.3, 0.4) is 0 Å². The second-order valence-corrected chi connectivity index (χ2v) is 3.16. The molecule has 0 saturated heterocycles. The Kier molecular flexibility index (Phi) is 4.88. The number of hydrogen-bond donors (Lipinski definition) is 1. The molecule has 1 nitrogen and oxygen atoms in total. The molecule has 2 N–H and O–H groups in total. The minimum absolute atomic E-state index is 0.123. The van der Waals surface area contributed by atoms with Crippen molar-refractivity contribution in [2.75, 3.05) is 0 Å². The smallest absolute Gasteiger partial charge is 0.0289 e. The molecule has 0 amide bonds. The molecule has 11 heavy (non-hydrogen) atoms. The molecule has 0 saturated carbocycles. The second kappa shape index (κ2) is 5.14. The zero-order valence-electron chi connectivity index (χ0n) is 7.75. The van der Waals surface area contributed by atoms with Gasteiger partial charge in [-0.2, -0.15) is 0 Å². The maximum Gasteiger partial charge on any atom is 0.0289 e. The molecule has 0 fully saturated rings. The highest BCUT2D eigenvalue weighted by molar-refractivity contribution is 5.00. The molecule has 0 heterocycles. The van der Waals surface area contributed by atoms with Crippen LogP contribution in [0.1, 0.15) is 20.8 Å². The maximum absolute atomic E-state index is 5.88. The van der Waals surface area contributed by atoms with Crippen LogP contribution in [0.2, 0.25) is 0 Å². The minimum atomic E-state index is 0.123. The largest absolute Gasteiger partial charge is 0.324 e. The fraction of sp³-hybridized carbons (Fsp3) is 0.600. The summed E-state index contributed by atoms with van der Waals surface area (Å²) >= 11 is 0. The lowest BCUT2D eigenvalue weighted by atomic mass is 9.89. The Balaban J connectivity index is 4.13. The second-order valence-electron chi connectivity index (χ2n) is 3.16. The molecule has 2 atom stereocenters. The Morgan fingerprint density at radius 3 is 2.18 bits per heavy atom. The molecular weight excluding hydrogens is 134 g/mol. The first-order valence-corrected chi connectivity index (χ1v) is 4.14. The Bertz CT molecular complexity index is 136. The Morgan fingerprint density at radius 2 is 1.91 bits per heavy atom. The minimum Gasteiger partial charge on any atom is -0.324 e. The molecule has 0 aliphatic heterocycles. The highest BCUT2D eigenvalue weighted by atomic mass is 14.6. The topological polar surface area (TPSA) is 26.0 Å². The normalized spacial score (nSPS) is 17.2. The van der Waals surface area contributed by atoms with Gasteiger partial charge in [-0.3, -0.25) is 0 Å². The first-order valence-electron chi connectivity index (χ1n) is 4.14. The zero-order chi connectivity index (χ0) is 8.85. The van der Waals surface area contributed by atoms with Crippen LogP contribution in [-0.2, 0) is 0 Å². The van der Waals surface area contributed by atoms with E-state index >= 15 is 0 Å². The van der Waals surface area contributed by atoms with Crippen molar-refractivity contribution in [2.24, 2.45) is 17.6 Å². The fourth-order valence-corrected chi connectivity index (χ4v) is 1.22. The number of allylic oxidation sites excluding steroid dienone is 1. The van der Waals surface area contributed by atoms with Gasteiger partial charge in [0.2, 0.25) is 0 Å². The van der Waals surface area contributed by atoms with E-state index in [-0.39, 0.29) is 6.04 Å². The van der Waals surface area contributed by atoms with Crippen molar-refractivity contribution in [3.63, 3.8) is 0 Å². The fourth-order valence-electron chi connectivity index (χ4n) is 1.22. The summed E-state index contributed by atoms with van der Waals surface area (Å²) < 4.78 is 0. The van der Waals surface area contributed by atoms with E-state index in [0.717, 1.165) is 0 Å². The van der Waals surface area contributed by atoms with E-state index in [1.54, 1.807) is 0 Å². The van der Waals surface area contributed by atoms with E-state index in [1.807, 2.05) is 25.2 Å².